The predicted molar refractivity (Wildman–Crippen MR) is 61.5 cm³/mol. The van der Waals surface area contributed by atoms with Gasteiger partial charge < -0.3 is 9.47 Å². The van der Waals surface area contributed by atoms with Crippen molar-refractivity contribution in [1.29, 1.82) is 0 Å². The lowest BCUT2D eigenvalue weighted by molar-refractivity contribution is -0.00712. The Morgan fingerprint density at radius 2 is 2.00 bits per heavy atom. The summed E-state index contributed by atoms with van der Waals surface area (Å²) in [4.78, 5) is 0. The first-order valence-corrected chi connectivity index (χ1v) is 8.24. The van der Waals surface area contributed by atoms with E-state index >= 15 is 0 Å². The van der Waals surface area contributed by atoms with Gasteiger partial charge >= 0.3 is 0 Å². The predicted octanol–water partition coefficient (Wildman–Crippen LogP) is 2.62. The smallest absolute Gasteiger partial charge is 0.136 e. The van der Waals surface area contributed by atoms with Crippen molar-refractivity contribution in [2.45, 2.75) is 38.6 Å². The summed E-state index contributed by atoms with van der Waals surface area (Å²) >= 11 is 0. The largest absolute Gasteiger partial charge is 0.373 e. The summed E-state index contributed by atoms with van der Waals surface area (Å²) in [6.45, 7) is 11.3. The van der Waals surface area contributed by atoms with Crippen molar-refractivity contribution in [2.24, 2.45) is 4.74 Å². The van der Waals surface area contributed by atoms with Crippen LogP contribution in [0.15, 0.2) is 4.74 Å². The van der Waals surface area contributed by atoms with Crippen LogP contribution in [0.1, 0.15) is 20.3 Å². The molecule has 4 heteroatoms. The molecular weight excluding hydrogens is 197 g/mol. The van der Waals surface area contributed by atoms with E-state index in [9.17, 15) is 0 Å². The van der Waals surface area contributed by atoms with Crippen LogP contribution >= 0.6 is 7.05 Å². The summed E-state index contributed by atoms with van der Waals surface area (Å²) in [5.41, 5.74) is 0. The normalized spacial score (nSPS) is 33.4. The molecule has 1 aliphatic rings. The maximum Gasteiger partial charge on any atom is 0.136 e. The minimum atomic E-state index is -1.05. The van der Waals surface area contributed by atoms with Crippen molar-refractivity contribution in [3.63, 3.8) is 0 Å². The molecule has 0 bridgehead atoms. The van der Waals surface area contributed by atoms with Gasteiger partial charge in [-0.15, -0.1) is 0 Å². The molecule has 1 heterocycles. The molecule has 1 fully saturated rings. The third-order valence-corrected chi connectivity index (χ3v) is 3.27. The highest BCUT2D eigenvalue weighted by molar-refractivity contribution is 7.64. The molecule has 0 saturated carbocycles. The van der Waals surface area contributed by atoms with Crippen LogP contribution in [0.3, 0.4) is 0 Å². The SMILES string of the molecule is CC1CC(OCN=P(C)(C)C)C(C)O1. The molecule has 3 nitrogen and oxygen atoms in total. The summed E-state index contributed by atoms with van der Waals surface area (Å²) in [6, 6.07) is 0. The minimum absolute atomic E-state index is 0.221. The first-order chi connectivity index (χ1) is 6.38. The zero-order valence-electron chi connectivity index (χ0n) is 9.86. The molecule has 1 saturated heterocycles. The van der Waals surface area contributed by atoms with Gasteiger partial charge in [0.1, 0.15) is 6.73 Å². The van der Waals surface area contributed by atoms with E-state index < -0.39 is 7.05 Å². The molecule has 1 aliphatic heterocycles. The Labute approximate surface area is 87.2 Å². The standard InChI is InChI=1S/C10H22NO2P/c1-8-6-10(9(2)13-8)12-7-11-14(3,4)5/h8-10H,6-7H2,1-5H3. The number of hydrogen-bond donors (Lipinski definition) is 0. The van der Waals surface area contributed by atoms with Crippen LogP contribution in [-0.4, -0.2) is 45.0 Å². The van der Waals surface area contributed by atoms with Gasteiger partial charge in [0.05, 0.1) is 18.3 Å². The van der Waals surface area contributed by atoms with Crippen LogP contribution in [-0.2, 0) is 9.47 Å². The molecule has 3 atom stereocenters. The van der Waals surface area contributed by atoms with Crippen LogP contribution < -0.4 is 0 Å². The maximum absolute atomic E-state index is 5.70. The molecule has 0 aliphatic carbocycles. The van der Waals surface area contributed by atoms with E-state index in [1.807, 2.05) is 0 Å². The molecule has 0 spiro atoms. The van der Waals surface area contributed by atoms with E-state index in [1.54, 1.807) is 0 Å². The Balaban J connectivity index is 2.32. The molecule has 14 heavy (non-hydrogen) atoms. The number of hydrogen-bond acceptors (Lipinski definition) is 3. The Morgan fingerprint density at radius 1 is 1.36 bits per heavy atom. The Hall–Kier alpha value is 0.150. The van der Waals surface area contributed by atoms with Gasteiger partial charge in [-0.1, -0.05) is 0 Å². The first-order valence-electron chi connectivity index (χ1n) is 5.16. The van der Waals surface area contributed by atoms with Crippen molar-refractivity contribution in [1.82, 2.24) is 0 Å². The van der Waals surface area contributed by atoms with Crippen molar-refractivity contribution >= 4 is 7.05 Å². The van der Waals surface area contributed by atoms with Crippen LogP contribution in [0, 0.1) is 0 Å². The second kappa shape index (κ2) is 4.78. The fourth-order valence-corrected chi connectivity index (χ4v) is 1.95. The summed E-state index contributed by atoms with van der Waals surface area (Å²) in [5.74, 6) is 0. The van der Waals surface area contributed by atoms with Crippen LogP contribution in [0.4, 0.5) is 0 Å². The van der Waals surface area contributed by atoms with Gasteiger partial charge in [-0.2, -0.15) is 0 Å². The van der Waals surface area contributed by atoms with Gasteiger partial charge in [0, 0.05) is 6.42 Å². The van der Waals surface area contributed by atoms with Gasteiger partial charge in [0.15, 0.2) is 0 Å². The van der Waals surface area contributed by atoms with Gasteiger partial charge in [-0.05, 0) is 40.9 Å². The first kappa shape index (κ1) is 12.2. The fourth-order valence-electron chi connectivity index (χ4n) is 1.53. The Morgan fingerprint density at radius 3 is 2.43 bits per heavy atom. The molecule has 0 N–H and O–H groups in total. The van der Waals surface area contributed by atoms with E-state index in [-0.39, 0.29) is 12.2 Å². The van der Waals surface area contributed by atoms with E-state index in [4.69, 9.17) is 9.47 Å². The van der Waals surface area contributed by atoms with Gasteiger partial charge in [0.2, 0.25) is 0 Å². The van der Waals surface area contributed by atoms with Crippen molar-refractivity contribution in [3.8, 4) is 0 Å². The molecule has 0 aromatic heterocycles. The highest BCUT2D eigenvalue weighted by Crippen LogP contribution is 2.35. The van der Waals surface area contributed by atoms with Crippen LogP contribution in [0.2, 0.25) is 0 Å². The zero-order valence-corrected chi connectivity index (χ0v) is 10.8. The van der Waals surface area contributed by atoms with E-state index in [2.05, 4.69) is 38.6 Å². The van der Waals surface area contributed by atoms with Gasteiger partial charge in [0.25, 0.3) is 0 Å². The fraction of sp³-hybridized carbons (Fsp3) is 1.00. The van der Waals surface area contributed by atoms with Crippen LogP contribution in [0.25, 0.3) is 0 Å². The quantitative estimate of drug-likeness (QED) is 0.683. The lowest BCUT2D eigenvalue weighted by Gasteiger charge is -2.14. The third-order valence-electron chi connectivity index (χ3n) is 2.31. The summed E-state index contributed by atoms with van der Waals surface area (Å²) in [5, 5.41) is 0. The van der Waals surface area contributed by atoms with Crippen LogP contribution in [0.5, 0.6) is 0 Å². The summed E-state index contributed by atoms with van der Waals surface area (Å²) < 4.78 is 15.8. The van der Waals surface area contributed by atoms with Gasteiger partial charge in [-0.25, -0.2) is 0 Å². The average Bonchev–Trinajstić information content (AvgIpc) is 2.27. The molecule has 0 aromatic carbocycles. The van der Waals surface area contributed by atoms with E-state index in [0.29, 0.717) is 12.8 Å². The molecule has 3 unspecified atom stereocenters. The second-order valence-electron chi connectivity index (χ2n) is 4.80. The second-order valence-corrected chi connectivity index (χ2v) is 8.97. The highest BCUT2D eigenvalue weighted by atomic mass is 31.2. The zero-order chi connectivity index (χ0) is 10.8. The maximum atomic E-state index is 5.70. The number of ether oxygens (including phenoxy) is 2. The minimum Gasteiger partial charge on any atom is -0.373 e. The molecule has 1 rings (SSSR count). The summed E-state index contributed by atoms with van der Waals surface area (Å²) in [6.07, 6.45) is 1.79. The number of rotatable bonds is 3. The van der Waals surface area contributed by atoms with Crippen molar-refractivity contribution < 1.29 is 9.47 Å². The lowest BCUT2D eigenvalue weighted by atomic mass is 10.2. The van der Waals surface area contributed by atoms with Crippen molar-refractivity contribution in [3.05, 3.63) is 0 Å². The molecule has 0 radical (unpaired) electrons. The topological polar surface area (TPSA) is 30.8 Å². The third kappa shape index (κ3) is 4.12. The molecule has 84 valence electrons. The Kier molecular flexibility index (Phi) is 4.17. The average molecular weight is 219 g/mol. The van der Waals surface area contributed by atoms with Crippen molar-refractivity contribution in [2.75, 3.05) is 26.7 Å². The molecule has 0 amide bonds. The van der Waals surface area contributed by atoms with E-state index in [1.165, 1.54) is 0 Å². The Bertz CT molecular complexity index is 228. The molecule has 0 aromatic rings. The van der Waals surface area contributed by atoms with E-state index in [0.717, 1.165) is 6.42 Å². The summed E-state index contributed by atoms with van der Waals surface area (Å²) in [7, 11) is -1.05. The molecular formula is C10H22NO2P. The number of nitrogens with zero attached hydrogens (tertiary/aromatic N) is 1. The lowest BCUT2D eigenvalue weighted by Crippen LogP contribution is -2.21. The highest BCUT2D eigenvalue weighted by Gasteiger charge is 2.29. The monoisotopic (exact) mass is 219 g/mol. The van der Waals surface area contributed by atoms with Gasteiger partial charge in [-0.3, -0.25) is 4.74 Å².